The molecular weight excluding hydrogens is 456 g/mol. The highest BCUT2D eigenvalue weighted by Crippen LogP contribution is 2.39. The molecule has 3 fully saturated rings. The third-order valence-corrected chi connectivity index (χ3v) is 9.78. The molecule has 0 unspecified atom stereocenters. The highest BCUT2D eigenvalue weighted by molar-refractivity contribution is 5.23. The predicted octanol–water partition coefficient (Wildman–Crippen LogP) is 5.49. The molecule has 0 spiro atoms. The zero-order valence-electron chi connectivity index (χ0n) is 22.7. The van der Waals surface area contributed by atoms with Gasteiger partial charge in [0.2, 0.25) is 0 Å². The number of rotatable bonds is 10. The molecule has 0 aromatic heterocycles. The maximum atomic E-state index is 11.3. The largest absolute Gasteiger partial charge is 0.395 e. The molecule has 1 aliphatic carbocycles. The summed E-state index contributed by atoms with van der Waals surface area (Å²) in [5, 5.41) is 21.7. The molecule has 2 aromatic carbocycles. The fraction of sp³-hybridized carbons (Fsp3) is 0.636. The van der Waals surface area contributed by atoms with Crippen LogP contribution in [0.1, 0.15) is 74.8 Å². The van der Waals surface area contributed by atoms with Crippen LogP contribution in [0.3, 0.4) is 0 Å². The van der Waals surface area contributed by atoms with Crippen molar-refractivity contribution in [3.8, 4) is 0 Å². The first-order valence-corrected chi connectivity index (χ1v) is 15.0. The van der Waals surface area contributed by atoms with Crippen molar-refractivity contribution in [1.82, 2.24) is 9.80 Å². The van der Waals surface area contributed by atoms with E-state index in [1.807, 2.05) is 0 Å². The minimum absolute atomic E-state index is 0.290. The summed E-state index contributed by atoms with van der Waals surface area (Å²) >= 11 is 0. The smallest absolute Gasteiger partial charge is 0.0672 e. The molecule has 4 nitrogen and oxygen atoms in total. The van der Waals surface area contributed by atoms with Crippen LogP contribution in [-0.2, 0) is 6.42 Å². The van der Waals surface area contributed by atoms with E-state index in [4.69, 9.17) is 0 Å². The quantitative estimate of drug-likeness (QED) is 0.449. The molecule has 1 saturated carbocycles. The molecule has 4 heteroatoms. The van der Waals surface area contributed by atoms with Gasteiger partial charge < -0.3 is 15.1 Å². The van der Waals surface area contributed by atoms with Crippen molar-refractivity contribution in [3.05, 3.63) is 71.8 Å². The topological polar surface area (TPSA) is 46.9 Å². The number of piperidine rings is 1. The fourth-order valence-corrected chi connectivity index (χ4v) is 7.52. The van der Waals surface area contributed by atoms with Gasteiger partial charge in [-0.25, -0.2) is 0 Å². The second kappa shape index (κ2) is 12.9. The Morgan fingerprint density at radius 2 is 1.54 bits per heavy atom. The van der Waals surface area contributed by atoms with Crippen LogP contribution >= 0.6 is 0 Å². The predicted molar refractivity (Wildman–Crippen MR) is 152 cm³/mol. The Hall–Kier alpha value is -1.72. The van der Waals surface area contributed by atoms with Gasteiger partial charge in [0.15, 0.2) is 0 Å². The van der Waals surface area contributed by atoms with Crippen LogP contribution in [0.25, 0.3) is 0 Å². The SMILES string of the molecule is OC[C@@H](C1CCCCC1)N1C[C@H](CN2CCC(O)(CCCc3ccccc3)CC2)[C@@H](c2ccccc2)C1. The molecule has 2 N–H and O–H groups in total. The van der Waals surface area contributed by atoms with Crippen molar-refractivity contribution in [2.45, 2.75) is 81.8 Å². The van der Waals surface area contributed by atoms with Gasteiger partial charge in [-0.1, -0.05) is 79.9 Å². The van der Waals surface area contributed by atoms with Gasteiger partial charge >= 0.3 is 0 Å². The summed E-state index contributed by atoms with van der Waals surface area (Å²) < 4.78 is 0. The molecule has 3 atom stereocenters. The van der Waals surface area contributed by atoms with Crippen molar-refractivity contribution >= 4 is 0 Å². The molecule has 2 aromatic rings. The van der Waals surface area contributed by atoms with E-state index in [1.165, 1.54) is 43.2 Å². The van der Waals surface area contributed by atoms with Crippen molar-refractivity contribution in [2.75, 3.05) is 39.3 Å². The Morgan fingerprint density at radius 3 is 2.22 bits per heavy atom. The lowest BCUT2D eigenvalue weighted by atomic mass is 9.83. The molecule has 37 heavy (non-hydrogen) atoms. The first-order chi connectivity index (χ1) is 18.1. The summed E-state index contributed by atoms with van der Waals surface area (Å²) in [6, 6.07) is 22.0. The van der Waals surface area contributed by atoms with Gasteiger partial charge in [0.1, 0.15) is 0 Å². The van der Waals surface area contributed by atoms with Gasteiger partial charge in [-0.15, -0.1) is 0 Å². The number of aryl methyl sites for hydroxylation is 1. The molecule has 2 saturated heterocycles. The highest BCUT2D eigenvalue weighted by atomic mass is 16.3. The standard InChI is InChI=1S/C33H48N2O2/c36-26-32(29-16-8-3-9-17-29)35-24-30(31(25-35)28-14-6-2-7-15-28)23-34-21-19-33(37,20-22-34)18-10-13-27-11-4-1-5-12-27/h1-2,4-7,11-12,14-15,29-32,36-37H,3,8-10,13,16-26H2/t30-,31+,32-/m0/s1. The summed E-state index contributed by atoms with van der Waals surface area (Å²) in [5.41, 5.74) is 2.31. The lowest BCUT2D eigenvalue weighted by Gasteiger charge is -2.40. The summed E-state index contributed by atoms with van der Waals surface area (Å²) in [6.07, 6.45) is 11.3. The van der Waals surface area contributed by atoms with E-state index >= 15 is 0 Å². The van der Waals surface area contributed by atoms with Gasteiger partial charge in [0.25, 0.3) is 0 Å². The van der Waals surface area contributed by atoms with E-state index in [0.717, 1.165) is 64.8 Å². The van der Waals surface area contributed by atoms with Crippen LogP contribution < -0.4 is 0 Å². The average Bonchev–Trinajstić information content (AvgIpc) is 3.35. The zero-order chi connectivity index (χ0) is 25.5. The van der Waals surface area contributed by atoms with Crippen molar-refractivity contribution in [3.63, 3.8) is 0 Å². The summed E-state index contributed by atoms with van der Waals surface area (Å²) in [7, 11) is 0. The van der Waals surface area contributed by atoms with E-state index in [9.17, 15) is 10.2 Å². The minimum atomic E-state index is -0.505. The third kappa shape index (κ3) is 7.03. The Labute approximate surface area is 224 Å². The third-order valence-electron chi connectivity index (χ3n) is 9.78. The van der Waals surface area contributed by atoms with Crippen LogP contribution in [0.4, 0.5) is 0 Å². The fourth-order valence-electron chi connectivity index (χ4n) is 7.52. The van der Waals surface area contributed by atoms with Gasteiger partial charge in [-0.2, -0.15) is 0 Å². The Bertz CT molecular complexity index is 922. The summed E-state index contributed by atoms with van der Waals surface area (Å²) in [4.78, 5) is 5.26. The average molecular weight is 505 g/mol. The van der Waals surface area contributed by atoms with Crippen molar-refractivity contribution in [2.24, 2.45) is 11.8 Å². The van der Waals surface area contributed by atoms with E-state index in [2.05, 4.69) is 70.5 Å². The summed E-state index contributed by atoms with van der Waals surface area (Å²) in [6.45, 7) is 5.52. The molecule has 0 bridgehead atoms. The second-order valence-corrected chi connectivity index (χ2v) is 12.2. The first kappa shape index (κ1) is 26.9. The van der Waals surface area contributed by atoms with Crippen LogP contribution in [0.5, 0.6) is 0 Å². The molecule has 2 heterocycles. The molecule has 0 radical (unpaired) electrons. The van der Waals surface area contributed by atoms with E-state index in [-0.39, 0.29) is 0 Å². The van der Waals surface area contributed by atoms with Crippen LogP contribution in [0.15, 0.2) is 60.7 Å². The van der Waals surface area contributed by atoms with Crippen LogP contribution in [0, 0.1) is 11.8 Å². The maximum Gasteiger partial charge on any atom is 0.0672 e. The Balaban J connectivity index is 1.17. The number of hydrogen-bond acceptors (Lipinski definition) is 4. The Morgan fingerprint density at radius 1 is 0.865 bits per heavy atom. The lowest BCUT2D eigenvalue weighted by molar-refractivity contribution is -0.0318. The number of likely N-dealkylation sites (tertiary alicyclic amines) is 2. The number of aliphatic hydroxyl groups is 2. The molecule has 3 aliphatic rings. The number of benzene rings is 2. The second-order valence-electron chi connectivity index (χ2n) is 12.2. The maximum absolute atomic E-state index is 11.3. The lowest BCUT2D eigenvalue weighted by Crippen LogP contribution is -2.47. The minimum Gasteiger partial charge on any atom is -0.395 e. The van der Waals surface area contributed by atoms with Crippen LogP contribution in [-0.4, -0.2) is 71.0 Å². The van der Waals surface area contributed by atoms with E-state index in [0.29, 0.717) is 30.4 Å². The summed E-state index contributed by atoms with van der Waals surface area (Å²) in [5.74, 6) is 1.74. The number of aliphatic hydroxyl groups excluding tert-OH is 1. The van der Waals surface area contributed by atoms with Gasteiger partial charge in [0, 0.05) is 44.7 Å². The van der Waals surface area contributed by atoms with Crippen LogP contribution in [0.2, 0.25) is 0 Å². The monoisotopic (exact) mass is 504 g/mol. The highest BCUT2D eigenvalue weighted by Gasteiger charge is 2.41. The van der Waals surface area contributed by atoms with Gasteiger partial charge in [-0.3, -0.25) is 4.90 Å². The van der Waals surface area contributed by atoms with Crippen molar-refractivity contribution in [1.29, 1.82) is 0 Å². The molecule has 0 amide bonds. The number of hydrogen-bond donors (Lipinski definition) is 2. The van der Waals surface area contributed by atoms with E-state index < -0.39 is 5.60 Å². The number of nitrogens with zero attached hydrogens (tertiary/aromatic N) is 2. The van der Waals surface area contributed by atoms with Gasteiger partial charge in [-0.05, 0) is 67.9 Å². The Kier molecular flexibility index (Phi) is 9.36. The molecule has 2 aliphatic heterocycles. The zero-order valence-corrected chi connectivity index (χ0v) is 22.7. The normalized spacial score (nSPS) is 26.3. The van der Waals surface area contributed by atoms with Gasteiger partial charge in [0.05, 0.1) is 12.2 Å². The van der Waals surface area contributed by atoms with Crippen molar-refractivity contribution < 1.29 is 10.2 Å². The van der Waals surface area contributed by atoms with E-state index in [1.54, 1.807) is 0 Å². The first-order valence-electron chi connectivity index (χ1n) is 15.0. The molecule has 5 rings (SSSR count). The molecule has 202 valence electrons. The molecular formula is C33H48N2O2.